The molecule has 1 N–H and O–H groups in total. The van der Waals surface area contributed by atoms with Crippen LogP contribution in [-0.2, 0) is 4.79 Å². The monoisotopic (exact) mass is 269 g/mol. The van der Waals surface area contributed by atoms with Crippen LogP contribution in [0.3, 0.4) is 0 Å². The summed E-state index contributed by atoms with van der Waals surface area (Å²) in [5.74, 6) is 0.535. The molecule has 0 aromatic carbocycles. The number of carbonyl (C=O) groups is 1. The fraction of sp³-hybridized carbons (Fsp3) is 0.933. The summed E-state index contributed by atoms with van der Waals surface area (Å²) in [6, 6.07) is 0.337. The van der Waals surface area contributed by atoms with Gasteiger partial charge in [-0.25, -0.2) is 0 Å². The lowest BCUT2D eigenvalue weighted by atomic mass is 10.0. The summed E-state index contributed by atoms with van der Waals surface area (Å²) in [4.78, 5) is 16.9. The first kappa shape index (κ1) is 16.4. The van der Waals surface area contributed by atoms with Gasteiger partial charge in [0.1, 0.15) is 0 Å². The molecule has 0 saturated carbocycles. The molecule has 0 radical (unpaired) electrons. The van der Waals surface area contributed by atoms with Gasteiger partial charge in [0.05, 0.1) is 5.92 Å². The normalized spacial score (nSPS) is 23.0. The molecule has 1 amide bonds. The van der Waals surface area contributed by atoms with Crippen molar-refractivity contribution in [3.8, 4) is 0 Å². The summed E-state index contributed by atoms with van der Waals surface area (Å²) in [5.41, 5.74) is 0. The lowest BCUT2D eigenvalue weighted by molar-refractivity contribution is -0.135. The molecule has 19 heavy (non-hydrogen) atoms. The molecule has 1 aliphatic heterocycles. The van der Waals surface area contributed by atoms with E-state index in [1.165, 1.54) is 0 Å². The average molecular weight is 269 g/mol. The first-order chi connectivity index (χ1) is 9.13. The van der Waals surface area contributed by atoms with Gasteiger partial charge in [0.25, 0.3) is 0 Å². The van der Waals surface area contributed by atoms with Gasteiger partial charge in [-0.2, -0.15) is 0 Å². The number of nitrogens with zero attached hydrogens (tertiary/aromatic N) is 2. The fourth-order valence-corrected chi connectivity index (χ4v) is 2.88. The molecule has 1 saturated heterocycles. The summed E-state index contributed by atoms with van der Waals surface area (Å²) in [7, 11) is 0. The van der Waals surface area contributed by atoms with Crippen LogP contribution in [-0.4, -0.2) is 61.0 Å². The minimum absolute atomic E-state index is 0.188. The highest BCUT2D eigenvalue weighted by atomic mass is 16.2. The van der Waals surface area contributed by atoms with Crippen LogP contribution in [0.25, 0.3) is 0 Å². The molecule has 2 unspecified atom stereocenters. The van der Waals surface area contributed by atoms with Crippen molar-refractivity contribution in [2.75, 3.05) is 39.3 Å². The van der Waals surface area contributed by atoms with Crippen LogP contribution in [0.4, 0.5) is 0 Å². The Morgan fingerprint density at radius 2 is 1.84 bits per heavy atom. The minimum Gasteiger partial charge on any atom is -0.343 e. The van der Waals surface area contributed by atoms with Crippen molar-refractivity contribution in [1.29, 1.82) is 0 Å². The minimum atomic E-state index is 0.188. The van der Waals surface area contributed by atoms with Crippen LogP contribution in [0, 0.1) is 5.92 Å². The van der Waals surface area contributed by atoms with Gasteiger partial charge in [0.15, 0.2) is 0 Å². The van der Waals surface area contributed by atoms with Gasteiger partial charge in [-0.1, -0.05) is 13.8 Å². The number of rotatable bonds is 8. The SMILES string of the molecule is CCN(CC)CCCN(CC)C(=O)C1CCNC1C. The van der Waals surface area contributed by atoms with Gasteiger partial charge in [-0.3, -0.25) is 4.79 Å². The third-order valence-corrected chi connectivity index (χ3v) is 4.33. The molecule has 0 aromatic heterocycles. The first-order valence-corrected chi connectivity index (χ1v) is 7.88. The molecule has 112 valence electrons. The van der Waals surface area contributed by atoms with Crippen molar-refractivity contribution in [3.05, 3.63) is 0 Å². The van der Waals surface area contributed by atoms with E-state index >= 15 is 0 Å². The molecule has 4 heteroatoms. The van der Waals surface area contributed by atoms with Crippen molar-refractivity contribution in [1.82, 2.24) is 15.1 Å². The molecule has 1 aliphatic rings. The Balaban J connectivity index is 2.38. The van der Waals surface area contributed by atoms with Crippen molar-refractivity contribution in [3.63, 3.8) is 0 Å². The first-order valence-electron chi connectivity index (χ1n) is 7.88. The van der Waals surface area contributed by atoms with E-state index in [-0.39, 0.29) is 5.92 Å². The number of carbonyl (C=O) groups excluding carboxylic acids is 1. The number of hydrogen-bond donors (Lipinski definition) is 1. The second-order valence-corrected chi connectivity index (χ2v) is 5.44. The summed E-state index contributed by atoms with van der Waals surface area (Å²) < 4.78 is 0. The van der Waals surface area contributed by atoms with Crippen molar-refractivity contribution >= 4 is 5.91 Å². The van der Waals surface area contributed by atoms with Crippen LogP contribution < -0.4 is 5.32 Å². The molecule has 2 atom stereocenters. The molecule has 4 nitrogen and oxygen atoms in total. The number of nitrogens with one attached hydrogen (secondary N) is 1. The highest BCUT2D eigenvalue weighted by Gasteiger charge is 2.31. The van der Waals surface area contributed by atoms with E-state index in [1.807, 2.05) is 4.90 Å². The van der Waals surface area contributed by atoms with E-state index in [0.717, 1.165) is 52.1 Å². The zero-order chi connectivity index (χ0) is 14.3. The number of hydrogen-bond acceptors (Lipinski definition) is 3. The van der Waals surface area contributed by atoms with Gasteiger partial charge < -0.3 is 15.1 Å². The second kappa shape index (κ2) is 8.54. The highest BCUT2D eigenvalue weighted by Crippen LogP contribution is 2.18. The Hall–Kier alpha value is -0.610. The highest BCUT2D eigenvalue weighted by molar-refractivity contribution is 5.79. The molecule has 1 heterocycles. The molecular weight excluding hydrogens is 238 g/mol. The van der Waals surface area contributed by atoms with E-state index in [0.29, 0.717) is 11.9 Å². The van der Waals surface area contributed by atoms with E-state index < -0.39 is 0 Å². The van der Waals surface area contributed by atoms with Gasteiger partial charge in [-0.05, 0) is 52.9 Å². The maximum atomic E-state index is 12.5. The summed E-state index contributed by atoms with van der Waals surface area (Å²) >= 11 is 0. The molecule has 0 bridgehead atoms. The molecular formula is C15H31N3O. The molecule has 0 aromatic rings. The largest absolute Gasteiger partial charge is 0.343 e. The van der Waals surface area contributed by atoms with Crippen molar-refractivity contribution < 1.29 is 4.79 Å². The van der Waals surface area contributed by atoms with E-state index in [4.69, 9.17) is 0 Å². The molecule has 0 aliphatic carbocycles. The van der Waals surface area contributed by atoms with Gasteiger partial charge in [0, 0.05) is 19.1 Å². The molecule has 1 rings (SSSR count). The van der Waals surface area contributed by atoms with Gasteiger partial charge >= 0.3 is 0 Å². The smallest absolute Gasteiger partial charge is 0.227 e. The lowest BCUT2D eigenvalue weighted by Crippen LogP contribution is -2.41. The van der Waals surface area contributed by atoms with E-state index in [1.54, 1.807) is 0 Å². The van der Waals surface area contributed by atoms with Gasteiger partial charge in [0.2, 0.25) is 5.91 Å². The lowest BCUT2D eigenvalue weighted by Gasteiger charge is -2.27. The Bertz CT molecular complexity index is 266. The second-order valence-electron chi connectivity index (χ2n) is 5.44. The van der Waals surface area contributed by atoms with Gasteiger partial charge in [-0.15, -0.1) is 0 Å². The topological polar surface area (TPSA) is 35.6 Å². The fourth-order valence-electron chi connectivity index (χ4n) is 2.88. The maximum absolute atomic E-state index is 12.5. The Kier molecular flexibility index (Phi) is 7.39. The summed E-state index contributed by atoms with van der Waals surface area (Å²) in [6.45, 7) is 14.6. The van der Waals surface area contributed by atoms with Crippen molar-refractivity contribution in [2.24, 2.45) is 5.92 Å². The zero-order valence-electron chi connectivity index (χ0n) is 13.1. The summed E-state index contributed by atoms with van der Waals surface area (Å²) in [5, 5.41) is 3.37. The third kappa shape index (κ3) is 4.77. The standard InChI is InChI=1S/C15H31N3O/c1-5-17(6-2)11-8-12-18(7-3)15(19)14-9-10-16-13(14)4/h13-14,16H,5-12H2,1-4H3. The van der Waals surface area contributed by atoms with E-state index in [9.17, 15) is 4.79 Å². The Labute approximate surface area is 118 Å². The molecule has 0 spiro atoms. The van der Waals surface area contributed by atoms with Crippen LogP contribution >= 0.6 is 0 Å². The quantitative estimate of drug-likeness (QED) is 0.726. The van der Waals surface area contributed by atoms with Crippen molar-refractivity contribution in [2.45, 2.75) is 46.6 Å². The van der Waals surface area contributed by atoms with Crippen LogP contribution in [0.15, 0.2) is 0 Å². The van der Waals surface area contributed by atoms with Crippen LogP contribution in [0.1, 0.15) is 40.5 Å². The Morgan fingerprint density at radius 1 is 1.16 bits per heavy atom. The third-order valence-electron chi connectivity index (χ3n) is 4.33. The van der Waals surface area contributed by atoms with E-state index in [2.05, 4.69) is 37.9 Å². The number of amides is 1. The predicted molar refractivity (Wildman–Crippen MR) is 80.2 cm³/mol. The summed E-state index contributed by atoms with van der Waals surface area (Å²) in [6.07, 6.45) is 2.07. The molecule has 1 fully saturated rings. The average Bonchev–Trinajstić information content (AvgIpc) is 2.85. The Morgan fingerprint density at radius 3 is 2.32 bits per heavy atom. The predicted octanol–water partition coefficient (Wildman–Crippen LogP) is 1.56. The maximum Gasteiger partial charge on any atom is 0.227 e. The van der Waals surface area contributed by atoms with Crippen LogP contribution in [0.2, 0.25) is 0 Å². The van der Waals surface area contributed by atoms with Crippen LogP contribution in [0.5, 0.6) is 0 Å². The zero-order valence-corrected chi connectivity index (χ0v) is 13.1.